The van der Waals surface area contributed by atoms with E-state index in [2.05, 4.69) is 15.0 Å². The van der Waals surface area contributed by atoms with Gasteiger partial charge in [0.05, 0.1) is 10.6 Å². The van der Waals surface area contributed by atoms with Crippen molar-refractivity contribution in [2.24, 2.45) is 0 Å². The summed E-state index contributed by atoms with van der Waals surface area (Å²) < 4.78 is 28.6. The molecule has 0 unspecified atom stereocenters. The van der Waals surface area contributed by atoms with E-state index in [9.17, 15) is 13.2 Å². The maximum Gasteiger partial charge on any atom is 0.261 e. The summed E-state index contributed by atoms with van der Waals surface area (Å²) in [5, 5.41) is 4.84. The molecule has 4 rings (SSSR count). The number of carbonyl (C=O) groups is 1. The molecular weight excluding hydrogens is 474 g/mol. The van der Waals surface area contributed by atoms with Crippen LogP contribution in [0.1, 0.15) is 21.6 Å². The summed E-state index contributed by atoms with van der Waals surface area (Å²) in [4.78, 5) is 17.3. The van der Waals surface area contributed by atoms with Gasteiger partial charge in [0.1, 0.15) is 4.34 Å². The molecule has 1 amide bonds. The second kappa shape index (κ2) is 10.2. The van der Waals surface area contributed by atoms with E-state index >= 15 is 0 Å². The molecule has 0 radical (unpaired) electrons. The fraction of sp³-hybridized carbons (Fsp3) is 0.0833. The average Bonchev–Trinajstić information content (AvgIpc) is 3.23. The van der Waals surface area contributed by atoms with Crippen molar-refractivity contribution in [2.45, 2.75) is 21.9 Å². The van der Waals surface area contributed by atoms with E-state index in [0.29, 0.717) is 16.9 Å². The molecule has 0 saturated heterocycles. The van der Waals surface area contributed by atoms with E-state index in [4.69, 9.17) is 0 Å². The molecule has 0 spiro atoms. The van der Waals surface area contributed by atoms with E-state index in [1.54, 1.807) is 77.7 Å². The summed E-state index contributed by atoms with van der Waals surface area (Å²) in [5.41, 5.74) is 3.49. The van der Waals surface area contributed by atoms with Crippen LogP contribution in [0.5, 0.6) is 0 Å². The number of carbonyl (C=O) groups excluding carboxylic acids is 1. The van der Waals surface area contributed by atoms with Crippen LogP contribution in [0.15, 0.2) is 93.5 Å². The molecule has 2 N–H and O–H groups in total. The molecule has 168 valence electrons. The lowest BCUT2D eigenvalue weighted by molar-refractivity contribution is 0.102. The lowest BCUT2D eigenvalue weighted by Crippen LogP contribution is -2.14. The van der Waals surface area contributed by atoms with E-state index in [-0.39, 0.29) is 10.8 Å². The summed E-state index contributed by atoms with van der Waals surface area (Å²) in [6.45, 7) is 1.97. The topological polar surface area (TPSA) is 88.2 Å². The van der Waals surface area contributed by atoms with E-state index in [0.717, 1.165) is 21.3 Å². The number of anilines is 2. The van der Waals surface area contributed by atoms with Crippen LogP contribution in [0.4, 0.5) is 11.4 Å². The number of rotatable bonds is 8. The molecule has 33 heavy (non-hydrogen) atoms. The van der Waals surface area contributed by atoms with Gasteiger partial charge in [-0.3, -0.25) is 9.52 Å². The molecule has 3 aromatic carbocycles. The molecule has 0 bridgehead atoms. The van der Waals surface area contributed by atoms with Gasteiger partial charge in [0.15, 0.2) is 0 Å². The zero-order valence-electron chi connectivity index (χ0n) is 17.7. The zero-order chi connectivity index (χ0) is 23.3. The number of sulfonamides is 1. The normalized spacial score (nSPS) is 11.2. The molecule has 0 aliphatic carbocycles. The first-order valence-electron chi connectivity index (χ1n) is 10.0. The lowest BCUT2D eigenvalue weighted by Gasteiger charge is -2.11. The largest absolute Gasteiger partial charge is 0.322 e. The van der Waals surface area contributed by atoms with Crippen molar-refractivity contribution in [3.05, 3.63) is 101 Å². The molecule has 1 heterocycles. The van der Waals surface area contributed by atoms with Crippen LogP contribution in [-0.4, -0.2) is 19.3 Å². The van der Waals surface area contributed by atoms with E-state index in [1.165, 1.54) is 12.1 Å². The summed E-state index contributed by atoms with van der Waals surface area (Å²) >= 11 is 3.29. The second-order valence-corrected chi connectivity index (χ2v) is 11.0. The maximum atomic E-state index is 12.7. The Balaban J connectivity index is 1.38. The first-order chi connectivity index (χ1) is 15.9. The third-order valence-corrected chi connectivity index (χ3v) is 8.21. The minimum Gasteiger partial charge on any atom is -0.322 e. The Hall–Kier alpha value is -3.14. The highest BCUT2D eigenvalue weighted by molar-refractivity contribution is 8.00. The number of amides is 1. The van der Waals surface area contributed by atoms with Crippen LogP contribution < -0.4 is 10.0 Å². The molecule has 6 nitrogen and oxygen atoms in total. The molecule has 1 aromatic heterocycles. The van der Waals surface area contributed by atoms with Crippen molar-refractivity contribution in [2.75, 3.05) is 10.0 Å². The number of thioether (sulfide) groups is 1. The van der Waals surface area contributed by atoms with Crippen LogP contribution in [-0.2, 0) is 15.8 Å². The van der Waals surface area contributed by atoms with Gasteiger partial charge in [-0.2, -0.15) is 0 Å². The van der Waals surface area contributed by atoms with E-state index in [1.807, 2.05) is 24.4 Å². The van der Waals surface area contributed by atoms with E-state index < -0.39 is 10.0 Å². The van der Waals surface area contributed by atoms with Gasteiger partial charge in [-0.1, -0.05) is 48.2 Å². The predicted octanol–water partition coefficient (Wildman–Crippen LogP) is 5.80. The van der Waals surface area contributed by atoms with Gasteiger partial charge in [-0.25, -0.2) is 13.4 Å². The third-order valence-electron chi connectivity index (χ3n) is 4.60. The number of hydrogen-bond donors (Lipinski definition) is 2. The summed E-state index contributed by atoms with van der Waals surface area (Å²) in [5.74, 6) is 0.506. The number of benzene rings is 3. The molecular formula is C24H21N3O3S3. The smallest absolute Gasteiger partial charge is 0.261 e. The molecule has 0 aliphatic heterocycles. The van der Waals surface area contributed by atoms with Gasteiger partial charge in [0.2, 0.25) is 0 Å². The molecule has 0 saturated carbocycles. The van der Waals surface area contributed by atoms with Gasteiger partial charge >= 0.3 is 0 Å². The first kappa shape index (κ1) is 23.0. The van der Waals surface area contributed by atoms with Gasteiger partial charge in [0, 0.05) is 28.1 Å². The minimum atomic E-state index is -3.71. The Kier molecular flexibility index (Phi) is 7.12. The standard InChI is InChI=1S/C24H21N3O3S3/c1-17-15-31-24(25-17)32-16-18-10-12-19(13-11-18)23(28)26-20-6-5-7-21(14-20)27-33(29,30)22-8-3-2-4-9-22/h2-15,27H,16H2,1H3,(H,26,28). The van der Waals surface area contributed by atoms with Crippen molar-refractivity contribution < 1.29 is 13.2 Å². The van der Waals surface area contributed by atoms with Crippen molar-refractivity contribution in [1.29, 1.82) is 0 Å². The number of aromatic nitrogens is 1. The van der Waals surface area contributed by atoms with Crippen molar-refractivity contribution in [1.82, 2.24) is 4.98 Å². The third kappa shape index (κ3) is 6.22. The highest BCUT2D eigenvalue weighted by Crippen LogP contribution is 2.26. The SMILES string of the molecule is Cc1csc(SCc2ccc(C(=O)Nc3cccc(NS(=O)(=O)c4ccccc4)c3)cc2)n1. The molecule has 0 atom stereocenters. The molecule has 0 aliphatic rings. The number of nitrogens with zero attached hydrogens (tertiary/aromatic N) is 1. The fourth-order valence-corrected chi connectivity index (χ4v) is 5.85. The van der Waals surface area contributed by atoms with Crippen molar-refractivity contribution in [3.63, 3.8) is 0 Å². The van der Waals surface area contributed by atoms with Crippen LogP contribution >= 0.6 is 23.1 Å². The number of thiazole rings is 1. The van der Waals surface area contributed by atoms with Gasteiger partial charge < -0.3 is 5.32 Å². The maximum absolute atomic E-state index is 12.7. The zero-order valence-corrected chi connectivity index (χ0v) is 20.1. The van der Waals surface area contributed by atoms with Gasteiger partial charge in [-0.15, -0.1) is 11.3 Å². The number of aryl methyl sites for hydroxylation is 1. The highest BCUT2D eigenvalue weighted by Gasteiger charge is 2.14. The van der Waals surface area contributed by atoms with Crippen LogP contribution in [0.3, 0.4) is 0 Å². The predicted molar refractivity (Wildman–Crippen MR) is 134 cm³/mol. The summed E-state index contributed by atoms with van der Waals surface area (Å²) in [7, 11) is -3.71. The summed E-state index contributed by atoms with van der Waals surface area (Å²) in [6, 6.07) is 22.1. The Morgan fingerprint density at radius 1 is 0.970 bits per heavy atom. The summed E-state index contributed by atoms with van der Waals surface area (Å²) in [6.07, 6.45) is 0. The Bertz CT molecular complexity index is 1350. The Morgan fingerprint density at radius 3 is 2.39 bits per heavy atom. The Labute approximate surface area is 201 Å². The van der Waals surface area contributed by atoms with Crippen LogP contribution in [0.25, 0.3) is 0 Å². The Morgan fingerprint density at radius 2 is 1.70 bits per heavy atom. The van der Waals surface area contributed by atoms with Crippen LogP contribution in [0, 0.1) is 6.92 Å². The van der Waals surface area contributed by atoms with Crippen LogP contribution in [0.2, 0.25) is 0 Å². The average molecular weight is 496 g/mol. The molecule has 9 heteroatoms. The lowest BCUT2D eigenvalue weighted by atomic mass is 10.1. The van der Waals surface area contributed by atoms with Crippen molar-refractivity contribution >= 4 is 50.4 Å². The van der Waals surface area contributed by atoms with Gasteiger partial charge in [-0.05, 0) is 55.0 Å². The second-order valence-electron chi connectivity index (χ2n) is 7.19. The minimum absolute atomic E-state index is 0.169. The molecule has 0 fully saturated rings. The number of hydrogen-bond acceptors (Lipinski definition) is 6. The fourth-order valence-electron chi connectivity index (χ4n) is 2.97. The van der Waals surface area contributed by atoms with Gasteiger partial charge in [0.25, 0.3) is 15.9 Å². The molecule has 4 aromatic rings. The highest BCUT2D eigenvalue weighted by atomic mass is 32.2. The first-order valence-corrected chi connectivity index (χ1v) is 13.4. The number of nitrogens with one attached hydrogen (secondary N) is 2. The monoisotopic (exact) mass is 495 g/mol. The van der Waals surface area contributed by atoms with Crippen molar-refractivity contribution in [3.8, 4) is 0 Å². The quantitative estimate of drug-likeness (QED) is 0.302.